The van der Waals surface area contributed by atoms with E-state index in [2.05, 4.69) is 36.0 Å². The van der Waals surface area contributed by atoms with Gasteiger partial charge in [-0.25, -0.2) is 4.39 Å². The summed E-state index contributed by atoms with van der Waals surface area (Å²) in [5.74, 6) is -1.78. The Morgan fingerprint density at radius 1 is 1.12 bits per heavy atom. The van der Waals surface area contributed by atoms with Crippen molar-refractivity contribution in [3.63, 3.8) is 0 Å². The third-order valence-corrected chi connectivity index (χ3v) is 9.93. The molecule has 3 aliphatic rings. The van der Waals surface area contributed by atoms with E-state index in [1.807, 2.05) is 20.8 Å². The van der Waals surface area contributed by atoms with Gasteiger partial charge in [0.15, 0.2) is 5.78 Å². The summed E-state index contributed by atoms with van der Waals surface area (Å²) in [6.45, 7) is 13.9. The van der Waals surface area contributed by atoms with Gasteiger partial charge in [-0.2, -0.15) is 0 Å². The van der Waals surface area contributed by atoms with Crippen LogP contribution < -0.4 is 10.6 Å². The summed E-state index contributed by atoms with van der Waals surface area (Å²) in [6, 6.07) is 3.73. The Morgan fingerprint density at radius 2 is 1.81 bits per heavy atom. The summed E-state index contributed by atoms with van der Waals surface area (Å²) < 4.78 is 14.3. The molecule has 1 aromatic heterocycles. The number of benzene rings is 1. The molecule has 9 heteroatoms. The maximum absolute atomic E-state index is 14.4. The predicted octanol–water partition coefficient (Wildman–Crippen LogP) is 4.75. The lowest BCUT2D eigenvalue weighted by Gasteiger charge is -2.38. The van der Waals surface area contributed by atoms with Gasteiger partial charge in [-0.3, -0.25) is 19.2 Å². The number of nitrogens with zero attached hydrogens (tertiary/aromatic N) is 1. The second-order valence-electron chi connectivity index (χ2n) is 14.0. The molecule has 2 saturated carbocycles. The third-order valence-electron chi connectivity index (χ3n) is 9.93. The van der Waals surface area contributed by atoms with Crippen molar-refractivity contribution in [2.45, 2.75) is 84.8 Å². The summed E-state index contributed by atoms with van der Waals surface area (Å²) in [5, 5.41) is 6.24. The molecule has 1 aromatic carbocycles. The lowest BCUT2D eigenvalue weighted by molar-refractivity contribution is -0.144. The van der Waals surface area contributed by atoms with Crippen LogP contribution in [0.2, 0.25) is 0 Å². The van der Waals surface area contributed by atoms with Crippen LogP contribution in [0.3, 0.4) is 0 Å². The van der Waals surface area contributed by atoms with Crippen molar-refractivity contribution in [2.75, 3.05) is 6.54 Å². The minimum atomic E-state index is -0.821. The van der Waals surface area contributed by atoms with Crippen molar-refractivity contribution >= 4 is 34.4 Å². The molecule has 226 valence electrons. The molecule has 5 rings (SSSR count). The molecular formula is C33H43FN4O4. The monoisotopic (exact) mass is 578 g/mol. The van der Waals surface area contributed by atoms with Gasteiger partial charge >= 0.3 is 0 Å². The zero-order valence-corrected chi connectivity index (χ0v) is 25.3. The van der Waals surface area contributed by atoms with Crippen LogP contribution in [0.1, 0.15) is 77.2 Å². The van der Waals surface area contributed by atoms with E-state index in [4.69, 9.17) is 0 Å². The Bertz CT molecular complexity index is 1420. The summed E-state index contributed by atoms with van der Waals surface area (Å²) in [7, 11) is 0. The summed E-state index contributed by atoms with van der Waals surface area (Å²) >= 11 is 0. The maximum Gasteiger partial charge on any atom is 0.268 e. The fourth-order valence-electron chi connectivity index (χ4n) is 7.36. The Morgan fingerprint density at radius 3 is 2.43 bits per heavy atom. The van der Waals surface area contributed by atoms with Crippen LogP contribution in [-0.4, -0.2) is 58.1 Å². The van der Waals surface area contributed by atoms with E-state index in [1.54, 1.807) is 17.0 Å². The molecule has 1 aliphatic heterocycles. The average molecular weight is 579 g/mol. The number of aromatic amines is 1. The number of hydrogen-bond donors (Lipinski definition) is 3. The summed E-state index contributed by atoms with van der Waals surface area (Å²) in [5.41, 5.74) is 0.0159. The molecule has 3 amide bonds. The molecule has 42 heavy (non-hydrogen) atoms. The quantitative estimate of drug-likeness (QED) is 0.393. The van der Waals surface area contributed by atoms with Gasteiger partial charge in [-0.05, 0) is 65.7 Å². The average Bonchev–Trinajstić information content (AvgIpc) is 3.33. The van der Waals surface area contributed by atoms with Crippen LogP contribution in [0.15, 0.2) is 36.9 Å². The first kappa shape index (κ1) is 30.0. The number of carbonyl (C=O) groups excluding carboxylic acids is 4. The lowest BCUT2D eigenvalue weighted by Crippen LogP contribution is -2.60. The second-order valence-corrected chi connectivity index (χ2v) is 14.0. The van der Waals surface area contributed by atoms with E-state index in [0.717, 1.165) is 32.1 Å². The number of fused-ring (bicyclic) bond motifs is 2. The number of ketones is 1. The van der Waals surface area contributed by atoms with Gasteiger partial charge in [0, 0.05) is 17.4 Å². The fraction of sp³-hybridized carbons (Fsp3) is 0.576. The van der Waals surface area contributed by atoms with Gasteiger partial charge in [0.25, 0.3) is 5.91 Å². The molecule has 5 atom stereocenters. The maximum atomic E-state index is 14.4. The number of piperidine rings is 1. The molecule has 8 nitrogen and oxygen atoms in total. The standard InChI is InChI=1S/C33H43FN4O4/c1-7-24(39)28(32(2,3)4)37-30(41)27-25-20(33(25,5)6)17-38(27)31(42)26(18-12-9-8-10-13-18)36-29(40)23-16-19-21(34)14-11-15-22(19)35-23/h7,11,14-16,18,20,25-28,35H,1,8-10,12-13,17H2,2-6H3,(H,36,40)(H,37,41)/t20-,25-,26-,27-,28+/m0/s1. The Kier molecular flexibility index (Phi) is 7.83. The van der Waals surface area contributed by atoms with E-state index < -0.39 is 35.3 Å². The zero-order valence-electron chi connectivity index (χ0n) is 25.3. The number of hydrogen-bond acceptors (Lipinski definition) is 4. The molecule has 2 aliphatic carbocycles. The first-order chi connectivity index (χ1) is 19.8. The largest absolute Gasteiger partial charge is 0.350 e. The Balaban J connectivity index is 1.43. The molecule has 0 radical (unpaired) electrons. The van der Waals surface area contributed by atoms with Crippen molar-refractivity contribution in [2.24, 2.45) is 28.6 Å². The van der Waals surface area contributed by atoms with Crippen LogP contribution in [0.4, 0.5) is 4.39 Å². The SMILES string of the molecule is C=CC(=O)[C@@H](NC(=O)[C@@H]1[C@@H]2[C@H](CN1C(=O)[C@@H](NC(=O)c1cc3c(F)cccc3[nH]1)C1CCCCC1)C2(C)C)C(C)(C)C. The highest BCUT2D eigenvalue weighted by Crippen LogP contribution is 2.65. The fourth-order valence-corrected chi connectivity index (χ4v) is 7.36. The molecule has 2 heterocycles. The smallest absolute Gasteiger partial charge is 0.268 e. The van der Waals surface area contributed by atoms with Gasteiger partial charge < -0.3 is 20.5 Å². The van der Waals surface area contributed by atoms with Crippen molar-refractivity contribution < 1.29 is 23.6 Å². The topological polar surface area (TPSA) is 111 Å². The van der Waals surface area contributed by atoms with Crippen LogP contribution in [0.5, 0.6) is 0 Å². The highest BCUT2D eigenvalue weighted by molar-refractivity contribution is 6.02. The van der Waals surface area contributed by atoms with Crippen LogP contribution in [-0.2, 0) is 14.4 Å². The number of likely N-dealkylation sites (tertiary alicyclic amines) is 1. The zero-order chi connectivity index (χ0) is 30.6. The number of aromatic nitrogens is 1. The van der Waals surface area contributed by atoms with Crippen molar-refractivity contribution in [1.82, 2.24) is 20.5 Å². The summed E-state index contributed by atoms with van der Waals surface area (Å²) in [4.78, 5) is 59.1. The number of rotatable bonds is 8. The number of H-pyrrole nitrogens is 1. The number of amides is 3. The van der Waals surface area contributed by atoms with Gasteiger partial charge in [0.1, 0.15) is 23.6 Å². The molecule has 0 bridgehead atoms. The first-order valence-electron chi connectivity index (χ1n) is 15.1. The number of nitrogens with one attached hydrogen (secondary N) is 3. The number of carbonyl (C=O) groups is 4. The van der Waals surface area contributed by atoms with Crippen molar-refractivity contribution in [3.05, 3.63) is 48.4 Å². The predicted molar refractivity (Wildman–Crippen MR) is 159 cm³/mol. The molecule has 0 unspecified atom stereocenters. The third kappa shape index (κ3) is 5.38. The highest BCUT2D eigenvalue weighted by Gasteiger charge is 2.69. The van der Waals surface area contributed by atoms with Crippen LogP contribution in [0.25, 0.3) is 10.9 Å². The molecule has 3 N–H and O–H groups in total. The van der Waals surface area contributed by atoms with E-state index in [-0.39, 0.29) is 46.5 Å². The normalized spacial score (nSPS) is 24.9. The minimum absolute atomic E-state index is 0.0414. The Labute approximate surface area is 246 Å². The van der Waals surface area contributed by atoms with Crippen LogP contribution in [0, 0.1) is 34.4 Å². The molecule has 2 aromatic rings. The number of halogens is 1. The summed E-state index contributed by atoms with van der Waals surface area (Å²) in [6.07, 6.45) is 5.80. The molecule has 3 fully saturated rings. The van der Waals surface area contributed by atoms with E-state index in [9.17, 15) is 23.6 Å². The van der Waals surface area contributed by atoms with Gasteiger partial charge in [-0.15, -0.1) is 0 Å². The van der Waals surface area contributed by atoms with Crippen molar-refractivity contribution in [1.29, 1.82) is 0 Å². The Hall–Kier alpha value is -3.49. The van der Waals surface area contributed by atoms with Crippen molar-refractivity contribution in [3.8, 4) is 0 Å². The van der Waals surface area contributed by atoms with Crippen LogP contribution >= 0.6 is 0 Å². The molecule has 1 saturated heterocycles. The van der Waals surface area contributed by atoms with E-state index in [0.29, 0.717) is 17.4 Å². The van der Waals surface area contributed by atoms with E-state index in [1.165, 1.54) is 18.2 Å². The van der Waals surface area contributed by atoms with Gasteiger partial charge in [-0.1, -0.05) is 66.5 Å². The first-order valence-corrected chi connectivity index (χ1v) is 15.1. The molecular weight excluding hydrogens is 535 g/mol. The molecule has 0 spiro atoms. The highest BCUT2D eigenvalue weighted by atomic mass is 19.1. The van der Waals surface area contributed by atoms with Gasteiger partial charge in [0.2, 0.25) is 11.8 Å². The second kappa shape index (κ2) is 11.0. The lowest BCUT2D eigenvalue weighted by atomic mass is 9.82. The minimum Gasteiger partial charge on any atom is -0.350 e. The van der Waals surface area contributed by atoms with E-state index >= 15 is 0 Å². The van der Waals surface area contributed by atoms with Gasteiger partial charge in [0.05, 0.1) is 6.04 Å².